The van der Waals surface area contributed by atoms with E-state index in [1.807, 2.05) is 6.07 Å². The predicted octanol–water partition coefficient (Wildman–Crippen LogP) is 2.57. The fourth-order valence-electron chi connectivity index (χ4n) is 1.82. The molecule has 2 rings (SSSR count). The molecule has 70 valence electrons. The minimum Gasteiger partial charge on any atom is -0.496 e. The Labute approximate surface area is 91.8 Å². The lowest BCUT2D eigenvalue weighted by Gasteiger charge is -2.17. The van der Waals surface area contributed by atoms with Crippen molar-refractivity contribution >= 4 is 22.6 Å². The summed E-state index contributed by atoms with van der Waals surface area (Å²) in [6.07, 6.45) is 4.78. The van der Waals surface area contributed by atoms with Gasteiger partial charge in [-0.25, -0.2) is 4.98 Å². The fraction of sp³-hybridized carbons (Fsp3) is 0.500. The van der Waals surface area contributed by atoms with Crippen LogP contribution in [0, 0.1) is 3.70 Å². The van der Waals surface area contributed by atoms with Gasteiger partial charge in [-0.2, -0.15) is 0 Å². The molecule has 0 N–H and O–H groups in total. The summed E-state index contributed by atoms with van der Waals surface area (Å²) in [5.41, 5.74) is 2.57. The van der Waals surface area contributed by atoms with Crippen molar-refractivity contribution in [3.63, 3.8) is 0 Å². The van der Waals surface area contributed by atoms with Crippen LogP contribution < -0.4 is 4.74 Å². The van der Waals surface area contributed by atoms with Gasteiger partial charge in [-0.1, -0.05) is 0 Å². The lowest BCUT2D eigenvalue weighted by atomic mass is 9.95. The first-order valence-corrected chi connectivity index (χ1v) is 5.61. The Morgan fingerprint density at radius 3 is 2.92 bits per heavy atom. The topological polar surface area (TPSA) is 22.1 Å². The van der Waals surface area contributed by atoms with Gasteiger partial charge in [0.25, 0.3) is 0 Å². The van der Waals surface area contributed by atoms with Crippen LogP contribution in [0.5, 0.6) is 5.75 Å². The summed E-state index contributed by atoms with van der Waals surface area (Å²) in [7, 11) is 1.74. The van der Waals surface area contributed by atoms with Crippen molar-refractivity contribution in [1.29, 1.82) is 0 Å². The molecule has 1 aromatic heterocycles. The minimum absolute atomic E-state index is 1.02. The molecule has 0 fully saturated rings. The van der Waals surface area contributed by atoms with E-state index in [0.717, 1.165) is 22.3 Å². The molecule has 13 heavy (non-hydrogen) atoms. The summed E-state index contributed by atoms with van der Waals surface area (Å²) >= 11 is 2.24. The third-order valence-corrected chi connectivity index (χ3v) is 3.00. The number of rotatable bonds is 1. The number of pyridine rings is 1. The van der Waals surface area contributed by atoms with Crippen molar-refractivity contribution < 1.29 is 4.74 Å². The van der Waals surface area contributed by atoms with Gasteiger partial charge in [0.05, 0.1) is 7.11 Å². The van der Waals surface area contributed by atoms with E-state index in [0.29, 0.717) is 0 Å². The zero-order valence-corrected chi connectivity index (χ0v) is 9.80. The Bertz CT molecular complexity index is 308. The zero-order valence-electron chi connectivity index (χ0n) is 7.64. The summed E-state index contributed by atoms with van der Waals surface area (Å²) in [5, 5.41) is 0. The summed E-state index contributed by atoms with van der Waals surface area (Å²) in [4.78, 5) is 4.53. The van der Waals surface area contributed by atoms with Crippen LogP contribution in [0.3, 0.4) is 0 Å². The number of hydrogen-bond acceptors (Lipinski definition) is 2. The molecule has 1 aliphatic rings. The monoisotopic (exact) mass is 289 g/mol. The van der Waals surface area contributed by atoms with E-state index < -0.39 is 0 Å². The number of aromatic nitrogens is 1. The van der Waals surface area contributed by atoms with E-state index in [9.17, 15) is 0 Å². The molecule has 1 heterocycles. The van der Waals surface area contributed by atoms with Crippen molar-refractivity contribution in [2.45, 2.75) is 25.7 Å². The number of hydrogen-bond donors (Lipinski definition) is 0. The molecular formula is C10H12INO. The second kappa shape index (κ2) is 3.82. The standard InChI is InChI=1S/C10H12INO/c1-13-9-6-10(11)12-8-5-3-2-4-7(8)9/h6H,2-5H2,1H3. The third kappa shape index (κ3) is 1.80. The van der Waals surface area contributed by atoms with Crippen LogP contribution in [0.25, 0.3) is 0 Å². The maximum atomic E-state index is 5.35. The van der Waals surface area contributed by atoms with E-state index in [1.165, 1.54) is 24.1 Å². The summed E-state index contributed by atoms with van der Waals surface area (Å²) in [6, 6.07) is 2.02. The summed E-state index contributed by atoms with van der Waals surface area (Å²) < 4.78 is 6.39. The van der Waals surface area contributed by atoms with Crippen LogP contribution in [-0.4, -0.2) is 12.1 Å². The van der Waals surface area contributed by atoms with Crippen molar-refractivity contribution in [3.8, 4) is 5.75 Å². The van der Waals surface area contributed by atoms with Crippen molar-refractivity contribution in [1.82, 2.24) is 4.98 Å². The van der Waals surface area contributed by atoms with E-state index >= 15 is 0 Å². The number of halogens is 1. The average molecular weight is 289 g/mol. The van der Waals surface area contributed by atoms with Gasteiger partial charge in [0.1, 0.15) is 9.45 Å². The largest absolute Gasteiger partial charge is 0.496 e. The zero-order chi connectivity index (χ0) is 9.26. The SMILES string of the molecule is COc1cc(I)nc2c1CCCC2. The molecule has 0 amide bonds. The molecule has 0 spiro atoms. The number of aryl methyl sites for hydroxylation is 1. The van der Waals surface area contributed by atoms with Gasteiger partial charge >= 0.3 is 0 Å². The van der Waals surface area contributed by atoms with E-state index in [-0.39, 0.29) is 0 Å². The molecule has 0 aliphatic heterocycles. The maximum absolute atomic E-state index is 5.35. The minimum atomic E-state index is 1.02. The van der Waals surface area contributed by atoms with Gasteiger partial charge in [0, 0.05) is 17.3 Å². The van der Waals surface area contributed by atoms with Crippen molar-refractivity contribution in [2.24, 2.45) is 0 Å². The normalized spacial score (nSPS) is 15.2. The van der Waals surface area contributed by atoms with Gasteiger partial charge < -0.3 is 4.74 Å². The quantitative estimate of drug-likeness (QED) is 0.585. The van der Waals surface area contributed by atoms with Crippen molar-refractivity contribution in [3.05, 3.63) is 21.0 Å². The molecular weight excluding hydrogens is 277 g/mol. The Balaban J connectivity index is 2.50. The molecule has 3 heteroatoms. The van der Waals surface area contributed by atoms with Crippen LogP contribution in [-0.2, 0) is 12.8 Å². The average Bonchev–Trinajstić information content (AvgIpc) is 2.16. The molecule has 0 bridgehead atoms. The van der Waals surface area contributed by atoms with E-state index in [2.05, 4.69) is 27.6 Å². The highest BCUT2D eigenvalue weighted by molar-refractivity contribution is 14.1. The molecule has 0 atom stereocenters. The Kier molecular flexibility index (Phi) is 2.71. The Morgan fingerprint density at radius 2 is 2.15 bits per heavy atom. The first kappa shape index (κ1) is 9.24. The van der Waals surface area contributed by atoms with Gasteiger partial charge in [0.2, 0.25) is 0 Å². The van der Waals surface area contributed by atoms with Crippen LogP contribution >= 0.6 is 22.6 Å². The first-order chi connectivity index (χ1) is 6.31. The van der Waals surface area contributed by atoms with Gasteiger partial charge in [-0.05, 0) is 48.3 Å². The highest BCUT2D eigenvalue weighted by Gasteiger charge is 2.15. The van der Waals surface area contributed by atoms with Gasteiger partial charge in [0.15, 0.2) is 0 Å². The van der Waals surface area contributed by atoms with Crippen LogP contribution in [0.2, 0.25) is 0 Å². The molecule has 1 aromatic rings. The van der Waals surface area contributed by atoms with Crippen LogP contribution in [0.15, 0.2) is 6.07 Å². The van der Waals surface area contributed by atoms with E-state index in [4.69, 9.17) is 4.74 Å². The molecule has 0 aromatic carbocycles. The number of ether oxygens (including phenoxy) is 1. The summed E-state index contributed by atoms with van der Waals surface area (Å²) in [6.45, 7) is 0. The second-order valence-electron chi connectivity index (χ2n) is 3.28. The van der Waals surface area contributed by atoms with Crippen LogP contribution in [0.1, 0.15) is 24.1 Å². The maximum Gasteiger partial charge on any atom is 0.126 e. The smallest absolute Gasteiger partial charge is 0.126 e. The Morgan fingerprint density at radius 1 is 1.38 bits per heavy atom. The highest BCUT2D eigenvalue weighted by Crippen LogP contribution is 2.29. The molecule has 0 radical (unpaired) electrons. The van der Waals surface area contributed by atoms with Crippen molar-refractivity contribution in [2.75, 3.05) is 7.11 Å². The van der Waals surface area contributed by atoms with Gasteiger partial charge in [-0.15, -0.1) is 0 Å². The molecule has 2 nitrogen and oxygen atoms in total. The number of methoxy groups -OCH3 is 1. The van der Waals surface area contributed by atoms with Gasteiger partial charge in [-0.3, -0.25) is 0 Å². The predicted molar refractivity (Wildman–Crippen MR) is 60.1 cm³/mol. The third-order valence-electron chi connectivity index (χ3n) is 2.45. The Hall–Kier alpha value is -0.320. The van der Waals surface area contributed by atoms with E-state index in [1.54, 1.807) is 7.11 Å². The highest BCUT2D eigenvalue weighted by atomic mass is 127. The molecule has 1 aliphatic carbocycles. The lowest BCUT2D eigenvalue weighted by molar-refractivity contribution is 0.404. The molecule has 0 saturated carbocycles. The van der Waals surface area contributed by atoms with Crippen LogP contribution in [0.4, 0.5) is 0 Å². The number of nitrogens with zero attached hydrogens (tertiary/aromatic N) is 1. The molecule has 0 unspecified atom stereocenters. The number of fused-ring (bicyclic) bond motifs is 1. The molecule has 0 saturated heterocycles. The second-order valence-corrected chi connectivity index (χ2v) is 4.38. The lowest BCUT2D eigenvalue weighted by Crippen LogP contribution is -2.08. The fourth-order valence-corrected chi connectivity index (χ4v) is 2.39. The first-order valence-electron chi connectivity index (χ1n) is 4.53. The summed E-state index contributed by atoms with van der Waals surface area (Å²) in [5.74, 6) is 1.02.